The Morgan fingerprint density at radius 3 is 2.83 bits per heavy atom. The lowest BCUT2D eigenvalue weighted by atomic mass is 9.76. The number of fused-ring (bicyclic) bond motifs is 1. The molecule has 2 N–H and O–H groups in total. The van der Waals surface area contributed by atoms with Crippen LogP contribution in [0.1, 0.15) is 36.0 Å². The van der Waals surface area contributed by atoms with Gasteiger partial charge in [0, 0.05) is 17.0 Å². The summed E-state index contributed by atoms with van der Waals surface area (Å²) in [4.78, 5) is 12.3. The summed E-state index contributed by atoms with van der Waals surface area (Å²) in [5, 5.41) is 6.29. The number of nitrogens with one attached hydrogen (secondary N) is 1. The second-order valence-corrected chi connectivity index (χ2v) is 10.7. The normalized spacial score (nSPS) is 17.6. The standard InChI is InChI=1S/C26H29ClN2O5S2/c1-2-33-26(30)28-24-11-9-19-8-10-21(34-13-12-29(36(31)32)25-7-4-14-35-25)17-22(19)23(24)16-18-5-3-6-20(27)15-18/h3-8,10,14-15,17,23-24H,2,9,11-13,16H2,1H3,(H,28,30)(H,31,32). The van der Waals surface area contributed by atoms with Crippen LogP contribution in [0.3, 0.4) is 0 Å². The predicted octanol–water partition coefficient (Wildman–Crippen LogP) is 5.81. The van der Waals surface area contributed by atoms with Crippen LogP contribution in [0.5, 0.6) is 5.75 Å². The highest BCUT2D eigenvalue weighted by Gasteiger charge is 2.31. The quantitative estimate of drug-likeness (QED) is 0.312. The molecule has 0 saturated carbocycles. The molecule has 0 aliphatic heterocycles. The molecule has 10 heteroatoms. The number of amides is 1. The Hall–Kier alpha value is -2.59. The van der Waals surface area contributed by atoms with Crippen LogP contribution in [0, 0.1) is 0 Å². The van der Waals surface area contributed by atoms with Crippen LogP contribution in [0.15, 0.2) is 60.0 Å². The molecule has 0 radical (unpaired) electrons. The zero-order valence-electron chi connectivity index (χ0n) is 19.9. The topological polar surface area (TPSA) is 88.1 Å². The molecule has 3 atom stereocenters. The zero-order valence-corrected chi connectivity index (χ0v) is 22.3. The van der Waals surface area contributed by atoms with Crippen LogP contribution < -0.4 is 14.4 Å². The third-order valence-electron chi connectivity index (χ3n) is 6.15. The molecular formula is C26H29ClN2O5S2. The van der Waals surface area contributed by atoms with Gasteiger partial charge in [0.15, 0.2) is 0 Å². The Labute approximate surface area is 222 Å². The van der Waals surface area contributed by atoms with Crippen molar-refractivity contribution < 1.29 is 23.0 Å². The van der Waals surface area contributed by atoms with Crippen molar-refractivity contribution in [3.63, 3.8) is 0 Å². The molecule has 7 nitrogen and oxygen atoms in total. The molecule has 1 heterocycles. The van der Waals surface area contributed by atoms with Gasteiger partial charge in [-0.3, -0.25) is 8.86 Å². The molecule has 0 fully saturated rings. The van der Waals surface area contributed by atoms with Crippen molar-refractivity contribution >= 4 is 45.3 Å². The van der Waals surface area contributed by atoms with E-state index in [4.69, 9.17) is 21.1 Å². The second-order valence-electron chi connectivity index (χ2n) is 8.44. The number of rotatable bonds is 10. The van der Waals surface area contributed by atoms with Crippen LogP contribution in [-0.4, -0.2) is 40.7 Å². The number of alkyl carbamates (subject to hydrolysis) is 1. The first-order chi connectivity index (χ1) is 17.4. The first-order valence-corrected chi connectivity index (χ1v) is 14.1. The van der Waals surface area contributed by atoms with E-state index in [0.717, 1.165) is 24.0 Å². The molecule has 1 aliphatic carbocycles. The highest BCUT2D eigenvalue weighted by Crippen LogP contribution is 2.37. The molecule has 0 bridgehead atoms. The van der Waals surface area contributed by atoms with Crippen molar-refractivity contribution in [3.8, 4) is 5.75 Å². The highest BCUT2D eigenvalue weighted by molar-refractivity contribution is 7.81. The Kier molecular flexibility index (Phi) is 9.25. The van der Waals surface area contributed by atoms with Crippen molar-refractivity contribution in [1.82, 2.24) is 5.32 Å². The number of hydrogen-bond acceptors (Lipinski definition) is 5. The molecule has 0 spiro atoms. The van der Waals surface area contributed by atoms with E-state index in [1.54, 1.807) is 13.0 Å². The number of aryl methyl sites for hydroxylation is 1. The van der Waals surface area contributed by atoms with Gasteiger partial charge in [0.05, 0.1) is 13.2 Å². The van der Waals surface area contributed by atoms with Crippen LogP contribution in [-0.2, 0) is 28.8 Å². The van der Waals surface area contributed by atoms with Crippen LogP contribution in [0.4, 0.5) is 9.80 Å². The molecule has 4 rings (SSSR count). The molecule has 1 amide bonds. The van der Waals surface area contributed by atoms with Gasteiger partial charge < -0.3 is 14.8 Å². The van der Waals surface area contributed by atoms with E-state index in [9.17, 15) is 13.6 Å². The summed E-state index contributed by atoms with van der Waals surface area (Å²) in [5.41, 5.74) is 3.41. The average Bonchev–Trinajstić information content (AvgIpc) is 3.38. The minimum atomic E-state index is -2.13. The second kappa shape index (κ2) is 12.6. The monoisotopic (exact) mass is 548 g/mol. The molecule has 3 aromatic rings. The molecule has 0 saturated heterocycles. The van der Waals surface area contributed by atoms with Gasteiger partial charge in [0.2, 0.25) is 0 Å². The molecule has 36 heavy (non-hydrogen) atoms. The minimum absolute atomic E-state index is 0.00716. The fourth-order valence-electron chi connectivity index (χ4n) is 4.56. The number of carbonyl (C=O) groups is 1. The summed E-state index contributed by atoms with van der Waals surface area (Å²) in [6, 6.07) is 17.3. The zero-order chi connectivity index (χ0) is 25.5. The van der Waals surface area contributed by atoms with Gasteiger partial charge in [-0.15, -0.1) is 11.3 Å². The van der Waals surface area contributed by atoms with Crippen LogP contribution in [0.2, 0.25) is 5.02 Å². The van der Waals surface area contributed by atoms with E-state index in [1.165, 1.54) is 21.2 Å². The van der Waals surface area contributed by atoms with Gasteiger partial charge >= 0.3 is 6.09 Å². The molecule has 1 aromatic heterocycles. The minimum Gasteiger partial charge on any atom is -0.492 e. The van der Waals surface area contributed by atoms with Gasteiger partial charge in [-0.25, -0.2) is 9.00 Å². The van der Waals surface area contributed by atoms with Gasteiger partial charge in [-0.05, 0) is 84.7 Å². The van der Waals surface area contributed by atoms with E-state index in [2.05, 4.69) is 11.4 Å². The average molecular weight is 549 g/mol. The maximum absolute atomic E-state index is 12.3. The summed E-state index contributed by atoms with van der Waals surface area (Å²) in [6.07, 6.45) is 1.91. The number of benzene rings is 2. The number of ether oxygens (including phenoxy) is 2. The number of hydrogen-bond donors (Lipinski definition) is 2. The summed E-state index contributed by atoms with van der Waals surface area (Å²) < 4.78 is 34.0. The lowest BCUT2D eigenvalue weighted by Crippen LogP contribution is -2.43. The SMILES string of the molecule is CCOC(=O)NC1CCc2ccc(OCCN(c3cccs3)S(=O)O)cc2C1Cc1cccc(Cl)c1. The van der Waals surface area contributed by atoms with Gasteiger partial charge in [0.1, 0.15) is 17.4 Å². The Bertz CT molecular complexity index is 1190. The van der Waals surface area contributed by atoms with Crippen LogP contribution in [0.25, 0.3) is 0 Å². The third-order valence-corrected chi connectivity index (χ3v) is 8.15. The smallest absolute Gasteiger partial charge is 0.407 e. The number of halogens is 1. The molecule has 1 aliphatic rings. The summed E-state index contributed by atoms with van der Waals surface area (Å²) >= 11 is 5.50. The fraction of sp³-hybridized carbons (Fsp3) is 0.346. The maximum Gasteiger partial charge on any atom is 0.407 e. The number of thiophene rings is 1. The predicted molar refractivity (Wildman–Crippen MR) is 145 cm³/mol. The summed E-state index contributed by atoms with van der Waals surface area (Å²) in [7, 11) is 0. The van der Waals surface area contributed by atoms with E-state index in [1.807, 2.05) is 47.8 Å². The van der Waals surface area contributed by atoms with Crippen LogP contribution >= 0.6 is 22.9 Å². The fourth-order valence-corrected chi connectivity index (χ4v) is 6.20. The van der Waals surface area contributed by atoms with Gasteiger partial charge in [-0.2, -0.15) is 0 Å². The molecule has 3 unspecified atom stereocenters. The molecule has 2 aromatic carbocycles. The number of nitrogens with zero attached hydrogens (tertiary/aromatic N) is 1. The van der Waals surface area contributed by atoms with Gasteiger partial charge in [0.25, 0.3) is 11.3 Å². The maximum atomic E-state index is 12.3. The third kappa shape index (κ3) is 6.79. The van der Waals surface area contributed by atoms with E-state index < -0.39 is 17.4 Å². The van der Waals surface area contributed by atoms with Crippen molar-refractivity contribution in [3.05, 3.63) is 81.7 Å². The van der Waals surface area contributed by atoms with Gasteiger partial charge in [-0.1, -0.05) is 29.8 Å². The first kappa shape index (κ1) is 26.5. The summed E-state index contributed by atoms with van der Waals surface area (Å²) in [6.45, 7) is 2.61. The van der Waals surface area contributed by atoms with E-state index in [-0.39, 0.29) is 25.1 Å². The van der Waals surface area contributed by atoms with Crippen molar-refractivity contribution in [2.75, 3.05) is 24.1 Å². The Balaban J connectivity index is 1.53. The summed E-state index contributed by atoms with van der Waals surface area (Å²) in [5.74, 6) is 0.684. The highest BCUT2D eigenvalue weighted by atomic mass is 35.5. The van der Waals surface area contributed by atoms with Crippen molar-refractivity contribution in [2.24, 2.45) is 0 Å². The van der Waals surface area contributed by atoms with Crippen molar-refractivity contribution in [1.29, 1.82) is 0 Å². The van der Waals surface area contributed by atoms with E-state index >= 15 is 0 Å². The van der Waals surface area contributed by atoms with Crippen molar-refractivity contribution in [2.45, 2.75) is 38.1 Å². The number of anilines is 1. The first-order valence-electron chi connectivity index (χ1n) is 11.8. The Morgan fingerprint density at radius 1 is 1.25 bits per heavy atom. The lowest BCUT2D eigenvalue weighted by molar-refractivity contribution is 0.144. The lowest BCUT2D eigenvalue weighted by Gasteiger charge is -2.34. The largest absolute Gasteiger partial charge is 0.492 e. The Morgan fingerprint density at radius 2 is 2.11 bits per heavy atom. The van der Waals surface area contributed by atoms with E-state index in [0.29, 0.717) is 28.8 Å². The molecule has 192 valence electrons. The molecular weight excluding hydrogens is 520 g/mol. The number of carbonyl (C=O) groups excluding carboxylic acids is 1.